The zero-order valence-corrected chi connectivity index (χ0v) is 12.5. The van der Waals surface area contributed by atoms with Gasteiger partial charge in [0.25, 0.3) is 5.91 Å². The van der Waals surface area contributed by atoms with Crippen LogP contribution in [0.4, 0.5) is 0 Å². The minimum absolute atomic E-state index is 0.0877. The number of amides is 1. The maximum atomic E-state index is 13.1. The summed E-state index contributed by atoms with van der Waals surface area (Å²) in [6, 6.07) is 7.08. The fourth-order valence-corrected chi connectivity index (χ4v) is 2.95. The number of nitrogens with zero attached hydrogens (tertiary/aromatic N) is 2. The zero-order valence-electron chi connectivity index (χ0n) is 12.5. The van der Waals surface area contributed by atoms with Crippen molar-refractivity contribution in [3.05, 3.63) is 41.7 Å². The molecule has 3 heterocycles. The number of hydrogen-bond acceptors (Lipinski definition) is 5. The number of carbonyl (C=O) groups is 1. The highest BCUT2D eigenvalue weighted by Gasteiger charge is 2.32. The number of benzene rings is 1. The summed E-state index contributed by atoms with van der Waals surface area (Å²) in [5.41, 5.74) is 1.38. The Kier molecular flexibility index (Phi) is 3.63. The normalized spacial score (nSPS) is 20.3. The number of ether oxygens (including phenoxy) is 3. The summed E-state index contributed by atoms with van der Waals surface area (Å²) in [7, 11) is 0. The van der Waals surface area contributed by atoms with Gasteiger partial charge in [0.2, 0.25) is 0 Å². The van der Waals surface area contributed by atoms with Gasteiger partial charge < -0.3 is 19.1 Å². The molecule has 7 heteroatoms. The summed E-state index contributed by atoms with van der Waals surface area (Å²) in [4.78, 5) is 14.9. The van der Waals surface area contributed by atoms with Crippen molar-refractivity contribution in [2.75, 3.05) is 33.0 Å². The number of rotatable bonds is 2. The number of H-pyrrole nitrogens is 1. The molecule has 4 rings (SSSR count). The van der Waals surface area contributed by atoms with Gasteiger partial charge in [-0.15, -0.1) is 0 Å². The molecule has 0 spiro atoms. The fraction of sp³-hybridized carbons (Fsp3) is 0.375. The molecule has 0 radical (unpaired) electrons. The van der Waals surface area contributed by atoms with Crippen LogP contribution < -0.4 is 9.47 Å². The number of aromatic amines is 1. The number of carbonyl (C=O) groups excluding carboxylic acids is 1. The Morgan fingerprint density at radius 2 is 2.13 bits per heavy atom. The van der Waals surface area contributed by atoms with E-state index in [0.29, 0.717) is 50.0 Å². The first-order valence-electron chi connectivity index (χ1n) is 7.61. The second-order valence-electron chi connectivity index (χ2n) is 5.43. The molecule has 0 bridgehead atoms. The van der Waals surface area contributed by atoms with Crippen LogP contribution in [0.2, 0.25) is 0 Å². The Morgan fingerprint density at radius 1 is 1.22 bits per heavy atom. The van der Waals surface area contributed by atoms with Crippen LogP contribution in [0.5, 0.6) is 11.5 Å². The minimum Gasteiger partial charge on any atom is -0.486 e. The molecule has 120 valence electrons. The van der Waals surface area contributed by atoms with Gasteiger partial charge in [0.1, 0.15) is 13.2 Å². The van der Waals surface area contributed by atoms with Crippen molar-refractivity contribution in [3.8, 4) is 11.5 Å². The molecule has 0 saturated carbocycles. The highest BCUT2D eigenvalue weighted by molar-refractivity contribution is 5.98. The smallest absolute Gasteiger partial charge is 0.258 e. The van der Waals surface area contributed by atoms with Gasteiger partial charge in [-0.25, -0.2) is 0 Å². The molecule has 1 aromatic heterocycles. The summed E-state index contributed by atoms with van der Waals surface area (Å²) in [6.07, 6.45) is 1.67. The van der Waals surface area contributed by atoms with Crippen LogP contribution in [-0.2, 0) is 4.74 Å². The second kappa shape index (κ2) is 5.92. The Hall–Kier alpha value is -2.54. The first-order chi connectivity index (χ1) is 11.3. The molecule has 1 aromatic carbocycles. The van der Waals surface area contributed by atoms with Crippen molar-refractivity contribution in [2.24, 2.45) is 0 Å². The van der Waals surface area contributed by atoms with Crippen molar-refractivity contribution >= 4 is 5.91 Å². The molecule has 2 aromatic rings. The van der Waals surface area contributed by atoms with Crippen molar-refractivity contribution in [2.45, 2.75) is 6.04 Å². The highest BCUT2D eigenvalue weighted by Crippen LogP contribution is 2.35. The quantitative estimate of drug-likeness (QED) is 0.906. The van der Waals surface area contributed by atoms with E-state index in [1.54, 1.807) is 17.2 Å². The van der Waals surface area contributed by atoms with E-state index >= 15 is 0 Å². The third kappa shape index (κ3) is 2.53. The maximum absolute atomic E-state index is 13.1. The van der Waals surface area contributed by atoms with Crippen LogP contribution in [-0.4, -0.2) is 54.0 Å². The summed E-state index contributed by atoms with van der Waals surface area (Å²) >= 11 is 0. The van der Waals surface area contributed by atoms with Crippen LogP contribution in [0, 0.1) is 0 Å². The Labute approximate surface area is 133 Å². The van der Waals surface area contributed by atoms with E-state index in [4.69, 9.17) is 14.2 Å². The van der Waals surface area contributed by atoms with E-state index in [1.165, 1.54) is 0 Å². The zero-order chi connectivity index (χ0) is 15.6. The molecule has 1 saturated heterocycles. The minimum atomic E-state index is -0.181. The molecule has 7 nitrogen and oxygen atoms in total. The topological polar surface area (TPSA) is 76.7 Å². The van der Waals surface area contributed by atoms with Crippen molar-refractivity contribution in [3.63, 3.8) is 0 Å². The Morgan fingerprint density at radius 3 is 3.00 bits per heavy atom. The number of fused-ring (bicyclic) bond motifs is 1. The molecule has 1 atom stereocenters. The largest absolute Gasteiger partial charge is 0.486 e. The van der Waals surface area contributed by atoms with E-state index in [9.17, 15) is 4.79 Å². The van der Waals surface area contributed by atoms with E-state index in [1.807, 2.05) is 18.2 Å². The molecule has 1 amide bonds. The second-order valence-corrected chi connectivity index (χ2v) is 5.43. The molecule has 1 N–H and O–H groups in total. The first-order valence-corrected chi connectivity index (χ1v) is 7.61. The van der Waals surface area contributed by atoms with Gasteiger partial charge in [-0.2, -0.15) is 5.10 Å². The number of para-hydroxylation sites is 1. The Balaban J connectivity index is 1.67. The third-order valence-corrected chi connectivity index (χ3v) is 4.07. The van der Waals surface area contributed by atoms with Crippen molar-refractivity contribution < 1.29 is 19.0 Å². The van der Waals surface area contributed by atoms with E-state index in [0.717, 1.165) is 5.69 Å². The first kappa shape index (κ1) is 14.1. The van der Waals surface area contributed by atoms with Gasteiger partial charge in [0, 0.05) is 12.7 Å². The molecule has 2 aliphatic rings. The fourth-order valence-electron chi connectivity index (χ4n) is 2.95. The molecule has 1 fully saturated rings. The van der Waals surface area contributed by atoms with E-state index in [2.05, 4.69) is 10.2 Å². The summed E-state index contributed by atoms with van der Waals surface area (Å²) < 4.78 is 16.8. The SMILES string of the molecule is O=C(c1cccc2c1OCCO2)N1CCOCC1c1ccn[nH]1. The lowest BCUT2D eigenvalue weighted by Gasteiger charge is -2.35. The van der Waals surface area contributed by atoms with Gasteiger partial charge in [0.05, 0.1) is 30.5 Å². The highest BCUT2D eigenvalue weighted by atomic mass is 16.6. The molecule has 23 heavy (non-hydrogen) atoms. The van der Waals surface area contributed by atoms with Crippen molar-refractivity contribution in [1.29, 1.82) is 0 Å². The van der Waals surface area contributed by atoms with Crippen LogP contribution in [0.15, 0.2) is 30.5 Å². The number of hydrogen-bond donors (Lipinski definition) is 1. The van der Waals surface area contributed by atoms with Crippen LogP contribution in [0.25, 0.3) is 0 Å². The number of aromatic nitrogens is 2. The number of morpholine rings is 1. The average Bonchev–Trinajstić information content (AvgIpc) is 3.15. The standard InChI is InChI=1S/C16H17N3O4/c20-16(11-2-1-3-14-15(11)23-9-8-22-14)19-6-7-21-10-13(19)12-4-5-17-18-12/h1-5,13H,6-10H2,(H,17,18). The van der Waals surface area contributed by atoms with Crippen molar-refractivity contribution in [1.82, 2.24) is 15.1 Å². The van der Waals surface area contributed by atoms with E-state index < -0.39 is 0 Å². The van der Waals surface area contributed by atoms with Gasteiger partial charge in [-0.05, 0) is 18.2 Å². The van der Waals surface area contributed by atoms with E-state index in [-0.39, 0.29) is 11.9 Å². The van der Waals surface area contributed by atoms with Crippen LogP contribution >= 0.6 is 0 Å². The lowest BCUT2D eigenvalue weighted by molar-refractivity contribution is -0.00421. The maximum Gasteiger partial charge on any atom is 0.258 e. The summed E-state index contributed by atoms with van der Waals surface area (Å²) in [5.74, 6) is 1.06. The average molecular weight is 315 g/mol. The van der Waals surface area contributed by atoms with Crippen LogP contribution in [0.3, 0.4) is 0 Å². The van der Waals surface area contributed by atoms with Gasteiger partial charge in [-0.3, -0.25) is 9.89 Å². The van der Waals surface area contributed by atoms with Gasteiger partial charge in [0.15, 0.2) is 11.5 Å². The predicted molar refractivity (Wildman–Crippen MR) is 80.6 cm³/mol. The molecule has 2 aliphatic heterocycles. The molecular formula is C16H17N3O4. The van der Waals surface area contributed by atoms with Gasteiger partial charge >= 0.3 is 0 Å². The summed E-state index contributed by atoms with van der Waals surface area (Å²) in [6.45, 7) is 2.43. The van der Waals surface area contributed by atoms with Gasteiger partial charge in [-0.1, -0.05) is 6.07 Å². The number of nitrogens with one attached hydrogen (secondary N) is 1. The third-order valence-electron chi connectivity index (χ3n) is 4.07. The Bertz CT molecular complexity index is 701. The summed E-state index contributed by atoms with van der Waals surface area (Å²) in [5, 5.41) is 6.90. The molecule has 0 aliphatic carbocycles. The lowest BCUT2D eigenvalue weighted by atomic mass is 10.1. The predicted octanol–water partition coefficient (Wildman–Crippen LogP) is 1.39. The van der Waals surface area contributed by atoms with Crippen LogP contribution in [0.1, 0.15) is 22.1 Å². The molecular weight excluding hydrogens is 298 g/mol. The lowest BCUT2D eigenvalue weighted by Crippen LogP contribution is -2.43. The monoisotopic (exact) mass is 315 g/mol. The molecule has 1 unspecified atom stereocenters.